The zero-order valence-electron chi connectivity index (χ0n) is 12.1. The summed E-state index contributed by atoms with van der Waals surface area (Å²) in [6, 6.07) is 2.61. The smallest absolute Gasteiger partial charge is 0.420 e. The molecule has 0 saturated heterocycles. The molecular formula is C15H17F3N2O2. The van der Waals surface area contributed by atoms with Crippen LogP contribution in [0.1, 0.15) is 36.3 Å². The van der Waals surface area contributed by atoms with Crippen LogP contribution in [0.5, 0.6) is 0 Å². The molecule has 4 nitrogen and oxygen atoms in total. The Morgan fingerprint density at radius 3 is 2.77 bits per heavy atom. The van der Waals surface area contributed by atoms with Crippen LogP contribution >= 0.6 is 0 Å². The second-order valence-electron chi connectivity index (χ2n) is 5.71. The van der Waals surface area contributed by atoms with Gasteiger partial charge >= 0.3 is 6.18 Å². The zero-order valence-corrected chi connectivity index (χ0v) is 12.1. The first kappa shape index (κ1) is 15.3. The molecule has 0 radical (unpaired) electrons. The van der Waals surface area contributed by atoms with Gasteiger partial charge in [0.25, 0.3) is 0 Å². The van der Waals surface area contributed by atoms with Gasteiger partial charge in [-0.3, -0.25) is 0 Å². The Morgan fingerprint density at radius 2 is 2.14 bits per heavy atom. The van der Waals surface area contributed by atoms with Crippen molar-refractivity contribution in [1.29, 1.82) is 0 Å². The molecule has 7 heteroatoms. The topological polar surface area (TPSA) is 58.3 Å². The standard InChI is InChI=1S/C15H17F3N2O2/c1-8-20-12-6-9(7-19-11-3-2-4-13(11)21)5-10(14(12)22-8)15(16,17)18/h5-6,11,13,19,21H,2-4,7H2,1H3/t11-,13-/m0/s1. The monoisotopic (exact) mass is 314 g/mol. The third-order valence-corrected chi connectivity index (χ3v) is 4.01. The van der Waals surface area contributed by atoms with Gasteiger partial charge in [0, 0.05) is 19.5 Å². The Hall–Kier alpha value is -1.60. The third-order valence-electron chi connectivity index (χ3n) is 4.01. The van der Waals surface area contributed by atoms with E-state index in [2.05, 4.69) is 10.3 Å². The molecule has 3 rings (SSSR count). The van der Waals surface area contributed by atoms with Gasteiger partial charge < -0.3 is 14.8 Å². The Bertz CT molecular complexity index is 681. The molecule has 0 spiro atoms. The molecule has 1 aliphatic carbocycles. The van der Waals surface area contributed by atoms with E-state index in [4.69, 9.17) is 4.42 Å². The highest BCUT2D eigenvalue weighted by atomic mass is 19.4. The van der Waals surface area contributed by atoms with Crippen molar-refractivity contribution in [2.45, 2.75) is 51.1 Å². The second-order valence-corrected chi connectivity index (χ2v) is 5.71. The Morgan fingerprint density at radius 1 is 1.36 bits per heavy atom. The lowest BCUT2D eigenvalue weighted by Crippen LogP contribution is -2.35. The van der Waals surface area contributed by atoms with E-state index in [-0.39, 0.29) is 29.6 Å². The molecule has 1 aliphatic rings. The van der Waals surface area contributed by atoms with Crippen molar-refractivity contribution in [3.63, 3.8) is 0 Å². The lowest BCUT2D eigenvalue weighted by atomic mass is 10.1. The van der Waals surface area contributed by atoms with Crippen molar-refractivity contribution in [3.05, 3.63) is 29.2 Å². The fraction of sp³-hybridized carbons (Fsp3) is 0.533. The van der Waals surface area contributed by atoms with Crippen molar-refractivity contribution >= 4 is 11.1 Å². The number of aromatic nitrogens is 1. The maximum Gasteiger partial charge on any atom is 0.420 e. The summed E-state index contributed by atoms with van der Waals surface area (Å²) in [5, 5.41) is 12.9. The average molecular weight is 314 g/mol. The maximum absolute atomic E-state index is 13.2. The van der Waals surface area contributed by atoms with Crippen molar-refractivity contribution in [3.8, 4) is 0 Å². The fourth-order valence-corrected chi connectivity index (χ4v) is 2.94. The second kappa shape index (κ2) is 5.55. The van der Waals surface area contributed by atoms with Crippen LogP contribution < -0.4 is 5.32 Å². The molecule has 120 valence electrons. The van der Waals surface area contributed by atoms with E-state index < -0.39 is 17.8 Å². The predicted octanol–water partition coefficient (Wildman–Crippen LogP) is 3.16. The first-order valence-electron chi connectivity index (χ1n) is 7.23. The summed E-state index contributed by atoms with van der Waals surface area (Å²) < 4.78 is 44.6. The number of aliphatic hydroxyl groups is 1. The Balaban J connectivity index is 1.89. The molecule has 2 atom stereocenters. The summed E-state index contributed by atoms with van der Waals surface area (Å²) in [7, 11) is 0. The van der Waals surface area contributed by atoms with E-state index in [1.807, 2.05) is 0 Å². The molecule has 2 N–H and O–H groups in total. The maximum atomic E-state index is 13.2. The predicted molar refractivity (Wildman–Crippen MR) is 74.2 cm³/mol. The number of nitrogens with one attached hydrogen (secondary N) is 1. The summed E-state index contributed by atoms with van der Waals surface area (Å²) in [5.74, 6) is 0.205. The first-order valence-corrected chi connectivity index (χ1v) is 7.23. The number of benzene rings is 1. The number of oxazole rings is 1. The molecule has 0 amide bonds. The number of aryl methyl sites for hydroxylation is 1. The number of rotatable bonds is 3. The SMILES string of the molecule is Cc1nc2cc(CN[C@H]3CCC[C@@H]3O)cc(C(F)(F)F)c2o1. The molecule has 0 unspecified atom stereocenters. The van der Waals surface area contributed by atoms with Crippen LogP contribution in [0, 0.1) is 6.92 Å². The highest BCUT2D eigenvalue weighted by Gasteiger charge is 2.35. The van der Waals surface area contributed by atoms with Gasteiger partial charge in [0.15, 0.2) is 11.5 Å². The normalized spacial score (nSPS) is 22.6. The third kappa shape index (κ3) is 2.96. The van der Waals surface area contributed by atoms with E-state index in [0.717, 1.165) is 25.3 Å². The summed E-state index contributed by atoms with van der Waals surface area (Å²) in [4.78, 5) is 4.00. The van der Waals surface area contributed by atoms with E-state index in [0.29, 0.717) is 5.56 Å². The van der Waals surface area contributed by atoms with Crippen molar-refractivity contribution in [2.75, 3.05) is 0 Å². The molecule has 1 saturated carbocycles. The molecule has 1 fully saturated rings. The van der Waals surface area contributed by atoms with Gasteiger partial charge in [0.2, 0.25) is 0 Å². The lowest BCUT2D eigenvalue weighted by Gasteiger charge is -2.17. The molecule has 0 bridgehead atoms. The van der Waals surface area contributed by atoms with Crippen LogP contribution in [0.4, 0.5) is 13.2 Å². The number of nitrogens with zero attached hydrogens (tertiary/aromatic N) is 1. The highest BCUT2D eigenvalue weighted by Crippen LogP contribution is 2.36. The number of alkyl halides is 3. The van der Waals surface area contributed by atoms with Gasteiger partial charge in [0.1, 0.15) is 11.1 Å². The van der Waals surface area contributed by atoms with Crippen LogP contribution in [-0.4, -0.2) is 22.2 Å². The van der Waals surface area contributed by atoms with Crippen LogP contribution in [0.25, 0.3) is 11.1 Å². The van der Waals surface area contributed by atoms with Crippen LogP contribution in [0.2, 0.25) is 0 Å². The van der Waals surface area contributed by atoms with Crippen molar-refractivity contribution in [2.24, 2.45) is 0 Å². The van der Waals surface area contributed by atoms with Gasteiger partial charge in [-0.25, -0.2) is 4.98 Å². The van der Waals surface area contributed by atoms with Crippen molar-refractivity contribution < 1.29 is 22.7 Å². The van der Waals surface area contributed by atoms with Crippen LogP contribution in [-0.2, 0) is 12.7 Å². The van der Waals surface area contributed by atoms with Crippen LogP contribution in [0.3, 0.4) is 0 Å². The average Bonchev–Trinajstić information content (AvgIpc) is 2.98. The van der Waals surface area contributed by atoms with Gasteiger partial charge in [-0.15, -0.1) is 0 Å². The number of hydrogen-bond acceptors (Lipinski definition) is 4. The molecule has 1 heterocycles. The molecular weight excluding hydrogens is 297 g/mol. The van der Waals surface area contributed by atoms with E-state index in [1.54, 1.807) is 6.07 Å². The molecule has 22 heavy (non-hydrogen) atoms. The van der Waals surface area contributed by atoms with Gasteiger partial charge in [-0.05, 0) is 37.0 Å². The minimum Gasteiger partial charge on any atom is -0.440 e. The molecule has 1 aromatic heterocycles. The quantitative estimate of drug-likeness (QED) is 0.914. The molecule has 2 aromatic rings. The Kier molecular flexibility index (Phi) is 3.86. The number of hydrogen-bond donors (Lipinski definition) is 2. The summed E-state index contributed by atoms with van der Waals surface area (Å²) in [6.07, 6.45) is -2.44. The fourth-order valence-electron chi connectivity index (χ4n) is 2.94. The number of aliphatic hydroxyl groups excluding tert-OH is 1. The van der Waals surface area contributed by atoms with Crippen LogP contribution in [0.15, 0.2) is 16.5 Å². The van der Waals surface area contributed by atoms with E-state index in [9.17, 15) is 18.3 Å². The van der Waals surface area contributed by atoms with Gasteiger partial charge in [0.05, 0.1) is 6.10 Å². The molecule has 0 aliphatic heterocycles. The Labute approximate surface area is 125 Å². The highest BCUT2D eigenvalue weighted by molar-refractivity contribution is 5.78. The van der Waals surface area contributed by atoms with E-state index >= 15 is 0 Å². The molecule has 1 aromatic carbocycles. The summed E-state index contributed by atoms with van der Waals surface area (Å²) in [6.45, 7) is 1.78. The number of halogens is 3. The minimum atomic E-state index is -4.49. The minimum absolute atomic E-state index is 0.0657. The summed E-state index contributed by atoms with van der Waals surface area (Å²) >= 11 is 0. The van der Waals surface area contributed by atoms with Gasteiger partial charge in [-0.2, -0.15) is 13.2 Å². The largest absolute Gasteiger partial charge is 0.440 e. The summed E-state index contributed by atoms with van der Waals surface area (Å²) in [5.41, 5.74) is -0.354. The number of fused-ring (bicyclic) bond motifs is 1. The van der Waals surface area contributed by atoms with E-state index in [1.165, 1.54) is 6.92 Å². The lowest BCUT2D eigenvalue weighted by molar-refractivity contribution is -0.136. The van der Waals surface area contributed by atoms with Crippen molar-refractivity contribution in [1.82, 2.24) is 10.3 Å². The zero-order chi connectivity index (χ0) is 15.9. The van der Waals surface area contributed by atoms with Gasteiger partial charge in [-0.1, -0.05) is 0 Å². The first-order chi connectivity index (χ1) is 10.3.